The molecule has 2 aromatic rings. The Balaban J connectivity index is 1.40. The van der Waals surface area contributed by atoms with E-state index in [9.17, 15) is 13.2 Å². The molecule has 2 aliphatic rings. The van der Waals surface area contributed by atoms with E-state index in [4.69, 9.17) is 21.3 Å². The van der Waals surface area contributed by atoms with Gasteiger partial charge in [0.25, 0.3) is 0 Å². The highest BCUT2D eigenvalue weighted by atomic mass is 35.5. The number of nitrogens with zero attached hydrogens (tertiary/aromatic N) is 1. The number of nitrogens with one attached hydrogen (secondary N) is 1. The minimum atomic E-state index is -4.76. The molecule has 0 amide bonds. The molecule has 32 heavy (non-hydrogen) atoms. The molecule has 1 aliphatic heterocycles. The monoisotopic (exact) mass is 468 g/mol. The van der Waals surface area contributed by atoms with Crippen LogP contribution in [0, 0.1) is 0 Å². The van der Waals surface area contributed by atoms with Gasteiger partial charge in [0.15, 0.2) is 0 Å². The quantitative estimate of drug-likeness (QED) is 0.493. The average Bonchev–Trinajstić information content (AvgIpc) is 3.20. The van der Waals surface area contributed by atoms with E-state index < -0.39 is 6.36 Å². The smallest absolute Gasteiger partial charge is 0.404 e. The molecular weight excluding hydrogens is 441 g/mol. The highest BCUT2D eigenvalue weighted by Gasteiger charge is 2.48. The van der Waals surface area contributed by atoms with Crippen LogP contribution >= 0.6 is 11.6 Å². The molecule has 0 radical (unpaired) electrons. The molecule has 1 saturated heterocycles. The van der Waals surface area contributed by atoms with Gasteiger partial charge in [-0.05, 0) is 68.5 Å². The predicted octanol–water partition coefficient (Wildman–Crippen LogP) is 6.17. The lowest BCUT2D eigenvalue weighted by molar-refractivity contribution is -0.274. The Morgan fingerprint density at radius 1 is 1.12 bits per heavy atom. The fourth-order valence-electron chi connectivity index (χ4n) is 5.22. The molecule has 2 fully saturated rings. The first-order valence-corrected chi connectivity index (χ1v) is 11.5. The lowest BCUT2D eigenvalue weighted by Crippen LogP contribution is -2.47. The average molecular weight is 469 g/mol. The number of aromatic nitrogens is 1. The third-order valence-electron chi connectivity index (χ3n) is 6.70. The summed E-state index contributed by atoms with van der Waals surface area (Å²) in [6.07, 6.45) is 4.57. The van der Waals surface area contributed by atoms with Crippen LogP contribution in [0.5, 0.6) is 5.75 Å². The van der Waals surface area contributed by atoms with Crippen LogP contribution in [0.4, 0.5) is 13.2 Å². The van der Waals surface area contributed by atoms with Crippen molar-refractivity contribution in [3.05, 3.63) is 58.9 Å². The molecule has 8 heteroatoms. The maximum Gasteiger partial charge on any atom is 0.573 e. The Morgan fingerprint density at radius 3 is 2.62 bits per heavy atom. The topological polar surface area (TPSA) is 43.4 Å². The largest absolute Gasteiger partial charge is 0.573 e. The molecule has 1 spiro atoms. The van der Waals surface area contributed by atoms with Gasteiger partial charge >= 0.3 is 6.36 Å². The van der Waals surface area contributed by atoms with Gasteiger partial charge in [0.2, 0.25) is 0 Å². The molecule has 2 heterocycles. The van der Waals surface area contributed by atoms with E-state index in [-0.39, 0.29) is 21.8 Å². The maximum absolute atomic E-state index is 12.4. The Bertz CT molecular complexity index is 904. The van der Waals surface area contributed by atoms with Gasteiger partial charge in [-0.15, -0.1) is 13.2 Å². The van der Waals surface area contributed by atoms with E-state index in [0.29, 0.717) is 6.54 Å². The number of benzene rings is 1. The van der Waals surface area contributed by atoms with Crippen LogP contribution in [0.3, 0.4) is 0 Å². The van der Waals surface area contributed by atoms with Crippen molar-refractivity contribution >= 4 is 11.6 Å². The van der Waals surface area contributed by atoms with Crippen molar-refractivity contribution in [2.45, 2.75) is 68.9 Å². The van der Waals surface area contributed by atoms with Gasteiger partial charge in [0.1, 0.15) is 5.75 Å². The summed E-state index contributed by atoms with van der Waals surface area (Å²) in [6, 6.07) is 10.5. The van der Waals surface area contributed by atoms with Gasteiger partial charge in [-0.2, -0.15) is 0 Å². The summed E-state index contributed by atoms with van der Waals surface area (Å²) in [5.74, 6) is -0.388. The van der Waals surface area contributed by atoms with Crippen molar-refractivity contribution in [1.29, 1.82) is 0 Å². The first kappa shape index (κ1) is 23.3. The second kappa shape index (κ2) is 9.57. The van der Waals surface area contributed by atoms with Crippen molar-refractivity contribution in [2.24, 2.45) is 0 Å². The number of alkyl halides is 3. The van der Waals surface area contributed by atoms with E-state index in [1.807, 2.05) is 18.3 Å². The van der Waals surface area contributed by atoms with Crippen molar-refractivity contribution in [2.75, 3.05) is 13.2 Å². The Kier molecular flexibility index (Phi) is 6.98. The number of ether oxygens (including phenoxy) is 2. The Labute approximate surface area is 191 Å². The fourth-order valence-corrected chi connectivity index (χ4v) is 5.46. The van der Waals surface area contributed by atoms with Crippen LogP contribution in [-0.4, -0.2) is 30.1 Å². The van der Waals surface area contributed by atoms with E-state index in [1.54, 1.807) is 6.07 Å². The molecule has 1 aromatic heterocycles. The molecule has 4 rings (SSSR count). The molecule has 1 atom stereocenters. The summed E-state index contributed by atoms with van der Waals surface area (Å²) in [7, 11) is 0. The number of pyridine rings is 1. The van der Waals surface area contributed by atoms with Gasteiger partial charge in [-0.3, -0.25) is 4.98 Å². The van der Waals surface area contributed by atoms with Crippen molar-refractivity contribution < 1.29 is 22.6 Å². The van der Waals surface area contributed by atoms with E-state index in [1.165, 1.54) is 25.0 Å². The molecule has 1 saturated carbocycles. The number of halogens is 4. The van der Waals surface area contributed by atoms with Gasteiger partial charge in [0, 0.05) is 30.5 Å². The predicted molar refractivity (Wildman–Crippen MR) is 117 cm³/mol. The number of hydrogen-bond acceptors (Lipinski definition) is 4. The van der Waals surface area contributed by atoms with Gasteiger partial charge in [-0.1, -0.05) is 36.6 Å². The minimum absolute atomic E-state index is 0.0301. The van der Waals surface area contributed by atoms with E-state index >= 15 is 0 Å². The van der Waals surface area contributed by atoms with E-state index in [0.717, 1.165) is 56.5 Å². The molecule has 1 unspecified atom stereocenters. The summed E-state index contributed by atoms with van der Waals surface area (Å²) in [5.41, 5.74) is 1.85. The number of hydrogen-bond donors (Lipinski definition) is 1. The van der Waals surface area contributed by atoms with Crippen LogP contribution in [0.2, 0.25) is 5.02 Å². The van der Waals surface area contributed by atoms with Gasteiger partial charge < -0.3 is 14.8 Å². The summed E-state index contributed by atoms with van der Waals surface area (Å²) in [6.45, 7) is 2.00. The van der Waals surface area contributed by atoms with Gasteiger partial charge in [0.05, 0.1) is 10.6 Å². The van der Waals surface area contributed by atoms with Crippen LogP contribution in [0.15, 0.2) is 42.6 Å². The summed E-state index contributed by atoms with van der Waals surface area (Å²) < 4.78 is 47.5. The maximum atomic E-state index is 12.4. The molecule has 174 valence electrons. The molecule has 0 bridgehead atoms. The summed E-state index contributed by atoms with van der Waals surface area (Å²) in [5, 5.41) is 3.37. The summed E-state index contributed by atoms with van der Waals surface area (Å²) >= 11 is 5.97. The standard InChI is InChI=1S/C24H28ClF3N2O2/c25-19-15-18(6-7-20(19)32-24(26,27)28)16-29-13-10-22(21-5-1-4-12-30-21)11-14-31-23(17-22)8-2-3-9-23/h1,4-7,12,15,29H,2-3,8-11,13-14,16-17H2. The Morgan fingerprint density at radius 2 is 1.94 bits per heavy atom. The first-order chi connectivity index (χ1) is 15.3. The normalized spacial score (nSPS) is 22.9. The number of rotatable bonds is 7. The third-order valence-corrected chi connectivity index (χ3v) is 7.00. The zero-order chi connectivity index (χ0) is 22.7. The van der Waals surface area contributed by atoms with Crippen molar-refractivity contribution in [3.8, 4) is 5.75 Å². The van der Waals surface area contributed by atoms with Crippen LogP contribution in [0.25, 0.3) is 0 Å². The van der Waals surface area contributed by atoms with Crippen LogP contribution in [-0.2, 0) is 16.7 Å². The molecular formula is C24H28ClF3N2O2. The SMILES string of the molecule is FC(F)(F)Oc1ccc(CNCCC2(c3ccccn3)CCOC3(CCCC3)C2)cc1Cl. The van der Waals surface area contributed by atoms with Gasteiger partial charge in [-0.25, -0.2) is 0 Å². The lowest BCUT2D eigenvalue weighted by atomic mass is 9.68. The fraction of sp³-hybridized carbons (Fsp3) is 0.542. The Hall–Kier alpha value is -1.83. The first-order valence-electron chi connectivity index (χ1n) is 11.1. The highest BCUT2D eigenvalue weighted by molar-refractivity contribution is 6.32. The van der Waals surface area contributed by atoms with Crippen LogP contribution < -0.4 is 10.1 Å². The highest BCUT2D eigenvalue weighted by Crippen LogP contribution is 2.49. The van der Waals surface area contributed by atoms with Crippen LogP contribution in [0.1, 0.15) is 56.2 Å². The zero-order valence-corrected chi connectivity index (χ0v) is 18.6. The lowest BCUT2D eigenvalue weighted by Gasteiger charge is -2.46. The second-order valence-corrected chi connectivity index (χ2v) is 9.31. The molecule has 1 aliphatic carbocycles. The zero-order valence-electron chi connectivity index (χ0n) is 17.9. The molecule has 1 aromatic carbocycles. The molecule has 4 nitrogen and oxygen atoms in total. The molecule has 1 N–H and O–H groups in total. The van der Waals surface area contributed by atoms with Crippen molar-refractivity contribution in [3.63, 3.8) is 0 Å². The summed E-state index contributed by atoms with van der Waals surface area (Å²) in [4.78, 5) is 4.71. The third kappa shape index (κ3) is 5.56. The van der Waals surface area contributed by atoms with Crippen molar-refractivity contribution in [1.82, 2.24) is 10.3 Å². The second-order valence-electron chi connectivity index (χ2n) is 8.90. The minimum Gasteiger partial charge on any atom is -0.404 e. The van der Waals surface area contributed by atoms with E-state index in [2.05, 4.69) is 16.1 Å².